The molecule has 7 heteroatoms. The molecule has 0 saturated carbocycles. The summed E-state index contributed by atoms with van der Waals surface area (Å²) in [7, 11) is 0. The van der Waals surface area contributed by atoms with Crippen molar-refractivity contribution in [2.45, 2.75) is 6.04 Å². The highest BCUT2D eigenvalue weighted by Crippen LogP contribution is 2.24. The molecule has 2 heterocycles. The SMILES string of the molecule is O=C(NNC1=Nc2ccccc2C(c2ccccc2)=NC1)C1CNCCN1. The fraction of sp³-hybridized carbons (Fsp3) is 0.250. The molecule has 1 unspecified atom stereocenters. The van der Waals surface area contributed by atoms with Crippen LogP contribution in [0.4, 0.5) is 5.69 Å². The molecule has 1 amide bonds. The first-order valence-electron chi connectivity index (χ1n) is 9.08. The van der Waals surface area contributed by atoms with Crippen molar-refractivity contribution < 1.29 is 4.79 Å². The van der Waals surface area contributed by atoms with Crippen LogP contribution >= 0.6 is 0 Å². The van der Waals surface area contributed by atoms with E-state index in [1.165, 1.54) is 0 Å². The van der Waals surface area contributed by atoms with Gasteiger partial charge in [-0.1, -0.05) is 48.5 Å². The van der Waals surface area contributed by atoms with Gasteiger partial charge in [-0.2, -0.15) is 0 Å². The third kappa shape index (κ3) is 4.05. The van der Waals surface area contributed by atoms with E-state index in [0.717, 1.165) is 35.6 Å². The molecule has 27 heavy (non-hydrogen) atoms. The van der Waals surface area contributed by atoms with E-state index >= 15 is 0 Å². The molecule has 0 radical (unpaired) electrons. The van der Waals surface area contributed by atoms with Gasteiger partial charge in [-0.3, -0.25) is 20.6 Å². The molecule has 2 aromatic carbocycles. The van der Waals surface area contributed by atoms with Crippen molar-refractivity contribution in [3.63, 3.8) is 0 Å². The Balaban J connectivity index is 1.53. The van der Waals surface area contributed by atoms with Gasteiger partial charge < -0.3 is 10.6 Å². The smallest absolute Gasteiger partial charge is 0.256 e. The highest BCUT2D eigenvalue weighted by Gasteiger charge is 2.21. The normalized spacial score (nSPS) is 19.2. The lowest BCUT2D eigenvalue weighted by Gasteiger charge is -2.23. The van der Waals surface area contributed by atoms with E-state index in [2.05, 4.69) is 26.5 Å². The number of amides is 1. The van der Waals surface area contributed by atoms with Gasteiger partial charge in [0.1, 0.15) is 11.9 Å². The Morgan fingerprint density at radius 2 is 1.85 bits per heavy atom. The van der Waals surface area contributed by atoms with E-state index in [1.54, 1.807) is 0 Å². The Bertz CT molecular complexity index is 871. The van der Waals surface area contributed by atoms with Crippen LogP contribution < -0.4 is 21.5 Å². The number of carbonyl (C=O) groups is 1. The Morgan fingerprint density at radius 3 is 2.67 bits per heavy atom. The standard InChI is InChI=1S/C20H22N6O/c27-20(17-12-21-10-11-22-17)26-25-18-13-23-19(14-6-2-1-3-7-14)15-8-4-5-9-16(15)24-18/h1-9,17,21-22H,10-13H2,(H,24,25)(H,26,27). The van der Waals surface area contributed by atoms with Crippen LogP contribution in [0.2, 0.25) is 0 Å². The zero-order chi connectivity index (χ0) is 18.5. The lowest BCUT2D eigenvalue weighted by Crippen LogP contribution is -2.58. The minimum atomic E-state index is -0.256. The van der Waals surface area contributed by atoms with Crippen LogP contribution in [0.25, 0.3) is 0 Å². The number of hydrogen-bond donors (Lipinski definition) is 4. The summed E-state index contributed by atoms with van der Waals surface area (Å²) >= 11 is 0. The van der Waals surface area contributed by atoms with Gasteiger partial charge >= 0.3 is 0 Å². The molecule has 1 fully saturated rings. The van der Waals surface area contributed by atoms with Crippen LogP contribution in [0.1, 0.15) is 11.1 Å². The predicted molar refractivity (Wildman–Crippen MR) is 106 cm³/mol. The number of carbonyl (C=O) groups excluding carboxylic acids is 1. The van der Waals surface area contributed by atoms with Crippen LogP contribution in [0, 0.1) is 0 Å². The predicted octanol–water partition coefficient (Wildman–Crippen LogP) is 0.750. The van der Waals surface area contributed by atoms with Crippen LogP contribution in [0.5, 0.6) is 0 Å². The topological polar surface area (TPSA) is 89.9 Å². The first kappa shape index (κ1) is 17.4. The number of para-hydroxylation sites is 1. The number of benzene rings is 2. The molecule has 4 N–H and O–H groups in total. The van der Waals surface area contributed by atoms with E-state index in [-0.39, 0.29) is 11.9 Å². The monoisotopic (exact) mass is 362 g/mol. The molecule has 1 atom stereocenters. The van der Waals surface area contributed by atoms with Gasteiger partial charge in [0.05, 0.1) is 17.9 Å². The fourth-order valence-electron chi connectivity index (χ4n) is 3.16. The van der Waals surface area contributed by atoms with Crippen molar-refractivity contribution in [1.82, 2.24) is 21.5 Å². The van der Waals surface area contributed by atoms with Crippen molar-refractivity contribution >= 4 is 23.1 Å². The summed E-state index contributed by atoms with van der Waals surface area (Å²) in [6.45, 7) is 2.61. The zero-order valence-electron chi connectivity index (χ0n) is 14.9. The summed E-state index contributed by atoms with van der Waals surface area (Å²) in [5, 5.41) is 6.38. The van der Waals surface area contributed by atoms with Crippen molar-refractivity contribution in [2.24, 2.45) is 9.98 Å². The average molecular weight is 362 g/mol. The Labute approximate surface area is 158 Å². The number of hydrogen-bond acceptors (Lipinski definition) is 6. The number of aliphatic imine (C=N–C) groups is 2. The molecular weight excluding hydrogens is 340 g/mol. The summed E-state index contributed by atoms with van der Waals surface area (Å²) in [4.78, 5) is 21.7. The highest BCUT2D eigenvalue weighted by molar-refractivity contribution is 6.17. The molecule has 0 bridgehead atoms. The maximum absolute atomic E-state index is 12.3. The van der Waals surface area contributed by atoms with Gasteiger partial charge in [-0.05, 0) is 6.07 Å². The first-order chi connectivity index (χ1) is 13.3. The van der Waals surface area contributed by atoms with Crippen molar-refractivity contribution in [3.8, 4) is 0 Å². The summed E-state index contributed by atoms with van der Waals surface area (Å²) in [6, 6.07) is 17.7. The molecule has 0 aliphatic carbocycles. The Morgan fingerprint density at radius 1 is 1.04 bits per heavy atom. The first-order valence-corrected chi connectivity index (χ1v) is 9.08. The average Bonchev–Trinajstić information content (AvgIpc) is 2.92. The third-order valence-electron chi connectivity index (χ3n) is 4.54. The maximum atomic E-state index is 12.3. The van der Waals surface area contributed by atoms with Crippen LogP contribution in [0.15, 0.2) is 64.6 Å². The molecule has 2 aromatic rings. The highest BCUT2D eigenvalue weighted by atomic mass is 16.2. The molecule has 2 aliphatic heterocycles. The van der Waals surface area contributed by atoms with E-state index in [0.29, 0.717) is 18.9 Å². The van der Waals surface area contributed by atoms with Gasteiger partial charge in [0.2, 0.25) is 0 Å². The molecule has 0 aromatic heterocycles. The molecule has 2 aliphatic rings. The maximum Gasteiger partial charge on any atom is 0.256 e. The van der Waals surface area contributed by atoms with Crippen molar-refractivity contribution in [2.75, 3.05) is 26.2 Å². The summed E-state index contributed by atoms with van der Waals surface area (Å²) < 4.78 is 0. The number of fused-ring (bicyclic) bond motifs is 1. The summed E-state index contributed by atoms with van der Waals surface area (Å²) in [5.41, 5.74) is 9.44. The van der Waals surface area contributed by atoms with Gasteiger partial charge in [-0.25, -0.2) is 4.99 Å². The number of piperazine rings is 1. The van der Waals surface area contributed by atoms with E-state index in [1.807, 2.05) is 54.6 Å². The van der Waals surface area contributed by atoms with Crippen molar-refractivity contribution in [1.29, 1.82) is 0 Å². The minimum Gasteiger partial charge on any atom is -0.313 e. The van der Waals surface area contributed by atoms with Crippen LogP contribution in [-0.2, 0) is 4.79 Å². The second-order valence-corrected chi connectivity index (χ2v) is 6.43. The number of nitrogens with zero attached hydrogens (tertiary/aromatic N) is 2. The second kappa shape index (κ2) is 8.11. The fourth-order valence-corrected chi connectivity index (χ4v) is 3.16. The number of hydrazine groups is 1. The summed E-state index contributed by atoms with van der Waals surface area (Å²) in [5.74, 6) is 0.486. The third-order valence-corrected chi connectivity index (χ3v) is 4.54. The Hall–Kier alpha value is -3.03. The second-order valence-electron chi connectivity index (χ2n) is 6.43. The Kier molecular flexibility index (Phi) is 5.22. The van der Waals surface area contributed by atoms with Gasteiger partial charge in [0.15, 0.2) is 0 Å². The molecular formula is C20H22N6O. The molecule has 0 spiro atoms. The lowest BCUT2D eigenvalue weighted by atomic mass is 10.0. The number of amidine groups is 1. The molecule has 1 saturated heterocycles. The molecule has 138 valence electrons. The lowest BCUT2D eigenvalue weighted by molar-refractivity contribution is -0.123. The molecule has 7 nitrogen and oxygen atoms in total. The van der Waals surface area contributed by atoms with Crippen LogP contribution in [-0.4, -0.2) is 49.7 Å². The van der Waals surface area contributed by atoms with Gasteiger partial charge in [-0.15, -0.1) is 0 Å². The van der Waals surface area contributed by atoms with E-state index in [4.69, 9.17) is 4.99 Å². The molecule has 4 rings (SSSR count). The quantitative estimate of drug-likeness (QED) is 0.594. The van der Waals surface area contributed by atoms with Gasteiger partial charge in [0, 0.05) is 30.8 Å². The number of rotatable bonds is 2. The number of nitrogens with one attached hydrogen (secondary N) is 4. The summed E-state index contributed by atoms with van der Waals surface area (Å²) in [6.07, 6.45) is 0. The van der Waals surface area contributed by atoms with E-state index in [9.17, 15) is 4.79 Å². The van der Waals surface area contributed by atoms with Crippen molar-refractivity contribution in [3.05, 3.63) is 65.7 Å². The van der Waals surface area contributed by atoms with Gasteiger partial charge in [0.25, 0.3) is 5.91 Å². The largest absolute Gasteiger partial charge is 0.313 e. The van der Waals surface area contributed by atoms with Crippen LogP contribution in [0.3, 0.4) is 0 Å². The van der Waals surface area contributed by atoms with E-state index < -0.39 is 0 Å². The minimum absolute atomic E-state index is 0.116. The zero-order valence-corrected chi connectivity index (χ0v) is 14.9.